The monoisotopic (exact) mass is 471 g/mol. The summed E-state index contributed by atoms with van der Waals surface area (Å²) in [6.45, 7) is 1.64. The lowest BCUT2D eigenvalue weighted by atomic mass is 10.1. The highest BCUT2D eigenvalue weighted by atomic mass is 32.2. The fourth-order valence-electron chi connectivity index (χ4n) is 2.84. The molecule has 33 heavy (non-hydrogen) atoms. The zero-order chi connectivity index (χ0) is 24.0. The number of hydrogen-bond acceptors (Lipinski definition) is 6. The molecule has 0 heterocycles. The summed E-state index contributed by atoms with van der Waals surface area (Å²) in [5.41, 5.74) is 1.88. The molecule has 0 spiro atoms. The summed E-state index contributed by atoms with van der Waals surface area (Å²) in [6.07, 6.45) is 0. The molecule has 3 aromatic carbocycles. The molecule has 10 heteroatoms. The van der Waals surface area contributed by atoms with E-state index < -0.39 is 15.8 Å². The zero-order valence-electron chi connectivity index (χ0n) is 18.1. The highest BCUT2D eigenvalue weighted by molar-refractivity contribution is 7.89. The average Bonchev–Trinajstić information content (AvgIpc) is 2.83. The second-order valence-electron chi connectivity index (χ2n) is 6.85. The molecule has 0 fully saturated rings. The first-order valence-corrected chi connectivity index (χ1v) is 11.2. The number of sulfonamides is 1. The molecule has 172 valence electrons. The van der Waals surface area contributed by atoms with E-state index in [0.29, 0.717) is 28.3 Å². The molecule has 0 unspecified atom stereocenters. The summed E-state index contributed by atoms with van der Waals surface area (Å²) in [5, 5.41) is 6.68. The van der Waals surface area contributed by atoms with E-state index in [9.17, 15) is 17.6 Å². The number of ether oxygens (including phenoxy) is 2. The summed E-state index contributed by atoms with van der Waals surface area (Å²) >= 11 is 0. The van der Waals surface area contributed by atoms with Gasteiger partial charge in [-0.05, 0) is 61.0 Å². The molecule has 0 aliphatic carbocycles. The van der Waals surface area contributed by atoms with E-state index in [4.69, 9.17) is 9.47 Å². The van der Waals surface area contributed by atoms with E-state index in [1.807, 2.05) is 0 Å². The minimum absolute atomic E-state index is 0.0822. The first kappa shape index (κ1) is 23.7. The van der Waals surface area contributed by atoms with E-state index in [2.05, 4.69) is 15.2 Å². The van der Waals surface area contributed by atoms with Crippen molar-refractivity contribution in [1.82, 2.24) is 4.83 Å². The quantitative estimate of drug-likeness (QED) is 0.384. The number of carbonyl (C=O) groups is 1. The van der Waals surface area contributed by atoms with Crippen LogP contribution in [0.5, 0.6) is 11.5 Å². The second-order valence-corrected chi connectivity index (χ2v) is 8.48. The van der Waals surface area contributed by atoms with Gasteiger partial charge in [0.05, 0.1) is 19.9 Å². The molecule has 0 bridgehead atoms. The number of nitrogens with zero attached hydrogens (tertiary/aromatic N) is 1. The lowest BCUT2D eigenvalue weighted by Crippen LogP contribution is -2.20. The van der Waals surface area contributed by atoms with Crippen molar-refractivity contribution in [2.45, 2.75) is 11.8 Å². The standard InChI is InChI=1S/C23H22FN3O5S/c1-15(26-27-33(29,30)22-13-12-20(31-2)14-21(22)32-3)16-6-10-19(11-7-16)25-23(28)17-4-8-18(24)9-5-17/h4-14,27H,1-3H3,(H,25,28)/b26-15+. The Bertz CT molecular complexity index is 1270. The van der Waals surface area contributed by atoms with Gasteiger partial charge >= 0.3 is 0 Å². The number of methoxy groups -OCH3 is 2. The number of hydrazone groups is 1. The molecule has 0 radical (unpaired) electrons. The molecule has 1 amide bonds. The largest absolute Gasteiger partial charge is 0.497 e. The van der Waals surface area contributed by atoms with Crippen LogP contribution in [0, 0.1) is 5.82 Å². The molecule has 0 aliphatic heterocycles. The van der Waals surface area contributed by atoms with E-state index in [0.717, 1.165) is 0 Å². The van der Waals surface area contributed by atoms with Crippen LogP contribution in [0.15, 0.2) is 76.7 Å². The maximum Gasteiger partial charge on any atom is 0.280 e. The summed E-state index contributed by atoms with van der Waals surface area (Å²) in [6, 6.07) is 16.2. The Kier molecular flexibility index (Phi) is 7.29. The summed E-state index contributed by atoms with van der Waals surface area (Å²) in [5.74, 6) is -0.228. The molecular formula is C23H22FN3O5S. The van der Waals surface area contributed by atoms with Gasteiger partial charge in [-0.25, -0.2) is 4.39 Å². The molecule has 0 saturated carbocycles. The summed E-state index contributed by atoms with van der Waals surface area (Å²) in [4.78, 5) is 14.3. The van der Waals surface area contributed by atoms with Gasteiger partial charge in [0.1, 0.15) is 22.2 Å². The molecule has 0 aromatic heterocycles. The molecule has 2 N–H and O–H groups in total. The Morgan fingerprint density at radius 2 is 1.55 bits per heavy atom. The minimum Gasteiger partial charge on any atom is -0.497 e. The van der Waals surface area contributed by atoms with Crippen LogP contribution < -0.4 is 19.6 Å². The van der Waals surface area contributed by atoms with Crippen molar-refractivity contribution in [3.05, 3.63) is 83.7 Å². The van der Waals surface area contributed by atoms with Crippen molar-refractivity contribution < 1.29 is 27.1 Å². The number of hydrogen-bond donors (Lipinski definition) is 2. The molecule has 3 rings (SSSR count). The second kappa shape index (κ2) is 10.1. The van der Waals surface area contributed by atoms with E-state index in [1.165, 1.54) is 56.7 Å². The van der Waals surface area contributed by atoms with Crippen LogP contribution in [0.3, 0.4) is 0 Å². The lowest BCUT2D eigenvalue weighted by Gasteiger charge is -2.11. The number of carbonyl (C=O) groups excluding carboxylic acids is 1. The van der Waals surface area contributed by atoms with Crippen LogP contribution in [0.2, 0.25) is 0 Å². The molecule has 0 aliphatic rings. The van der Waals surface area contributed by atoms with Gasteiger partial charge in [0.25, 0.3) is 15.9 Å². The van der Waals surface area contributed by atoms with Crippen molar-refractivity contribution in [2.75, 3.05) is 19.5 Å². The van der Waals surface area contributed by atoms with Crippen LogP contribution >= 0.6 is 0 Å². The third-order valence-electron chi connectivity index (χ3n) is 4.66. The SMILES string of the molecule is COc1ccc(S(=O)(=O)N/N=C(\C)c2ccc(NC(=O)c3ccc(F)cc3)cc2)c(OC)c1. The van der Waals surface area contributed by atoms with E-state index in [-0.39, 0.29) is 16.6 Å². The van der Waals surface area contributed by atoms with E-state index >= 15 is 0 Å². The van der Waals surface area contributed by atoms with Crippen molar-refractivity contribution in [1.29, 1.82) is 0 Å². The molecule has 8 nitrogen and oxygen atoms in total. The van der Waals surface area contributed by atoms with Crippen molar-refractivity contribution in [3.63, 3.8) is 0 Å². The Morgan fingerprint density at radius 1 is 0.909 bits per heavy atom. The van der Waals surface area contributed by atoms with Crippen LogP contribution in [0.4, 0.5) is 10.1 Å². The van der Waals surface area contributed by atoms with Crippen LogP contribution in [0.25, 0.3) is 0 Å². The molecule has 0 atom stereocenters. The third kappa shape index (κ3) is 5.86. The van der Waals surface area contributed by atoms with Gasteiger partial charge in [-0.1, -0.05) is 12.1 Å². The number of benzene rings is 3. The highest BCUT2D eigenvalue weighted by Gasteiger charge is 2.20. The van der Waals surface area contributed by atoms with Gasteiger partial charge in [0, 0.05) is 17.3 Å². The average molecular weight is 472 g/mol. The van der Waals surface area contributed by atoms with Crippen LogP contribution in [0.1, 0.15) is 22.8 Å². The van der Waals surface area contributed by atoms with Crippen LogP contribution in [-0.2, 0) is 10.0 Å². The van der Waals surface area contributed by atoms with Crippen molar-refractivity contribution in [3.8, 4) is 11.5 Å². The summed E-state index contributed by atoms with van der Waals surface area (Å²) in [7, 11) is -1.16. The van der Waals surface area contributed by atoms with Crippen LogP contribution in [-0.4, -0.2) is 34.3 Å². The number of amides is 1. The fourth-order valence-corrected chi connectivity index (χ4v) is 3.85. The smallest absolute Gasteiger partial charge is 0.280 e. The van der Waals surface area contributed by atoms with Gasteiger partial charge in [0.2, 0.25) is 0 Å². The van der Waals surface area contributed by atoms with Gasteiger partial charge in [-0.2, -0.15) is 18.4 Å². The normalized spacial score (nSPS) is 11.6. The number of rotatable bonds is 8. The fraction of sp³-hybridized carbons (Fsp3) is 0.130. The van der Waals surface area contributed by atoms with E-state index in [1.54, 1.807) is 31.2 Å². The Balaban J connectivity index is 1.70. The Morgan fingerprint density at radius 3 is 2.15 bits per heavy atom. The van der Waals surface area contributed by atoms with Crippen molar-refractivity contribution in [2.24, 2.45) is 5.10 Å². The van der Waals surface area contributed by atoms with Gasteiger partial charge in [-0.15, -0.1) is 0 Å². The van der Waals surface area contributed by atoms with Gasteiger partial charge in [-0.3, -0.25) is 4.79 Å². The van der Waals surface area contributed by atoms with Crippen molar-refractivity contribution >= 4 is 27.3 Å². The molecular weight excluding hydrogens is 449 g/mol. The first-order chi connectivity index (χ1) is 15.7. The van der Waals surface area contributed by atoms with Gasteiger partial charge in [0.15, 0.2) is 0 Å². The first-order valence-electron chi connectivity index (χ1n) is 9.69. The summed E-state index contributed by atoms with van der Waals surface area (Å²) < 4.78 is 48.6. The lowest BCUT2D eigenvalue weighted by molar-refractivity contribution is 0.102. The highest BCUT2D eigenvalue weighted by Crippen LogP contribution is 2.28. The Labute approximate surface area is 191 Å². The number of halogens is 1. The zero-order valence-corrected chi connectivity index (χ0v) is 18.9. The Hall–Kier alpha value is -3.92. The predicted octanol–water partition coefficient (Wildman–Crippen LogP) is 3.80. The number of anilines is 1. The number of nitrogens with one attached hydrogen (secondary N) is 2. The molecule has 3 aromatic rings. The maximum atomic E-state index is 13.0. The maximum absolute atomic E-state index is 13.0. The predicted molar refractivity (Wildman–Crippen MR) is 123 cm³/mol. The third-order valence-corrected chi connectivity index (χ3v) is 5.91. The minimum atomic E-state index is -3.99. The van der Waals surface area contributed by atoms with Gasteiger partial charge < -0.3 is 14.8 Å². The molecule has 0 saturated heterocycles. The topological polar surface area (TPSA) is 106 Å².